The summed E-state index contributed by atoms with van der Waals surface area (Å²) >= 11 is 5.02. The Labute approximate surface area is 121 Å². The van der Waals surface area contributed by atoms with Gasteiger partial charge in [0.15, 0.2) is 5.58 Å². The normalized spacial score (nSPS) is 13.0. The summed E-state index contributed by atoms with van der Waals surface area (Å²) in [5, 5.41) is 0. The quantitative estimate of drug-likeness (QED) is 0.781. The van der Waals surface area contributed by atoms with Gasteiger partial charge >= 0.3 is 5.76 Å². The van der Waals surface area contributed by atoms with Gasteiger partial charge in [-0.15, -0.1) is 11.3 Å². The molecule has 1 atom stereocenters. The second-order valence-electron chi connectivity index (χ2n) is 4.27. The summed E-state index contributed by atoms with van der Waals surface area (Å²) in [7, 11) is 1.68. The number of halogens is 1. The number of benzene rings is 1. The first kappa shape index (κ1) is 12.7. The van der Waals surface area contributed by atoms with Crippen LogP contribution in [0.2, 0.25) is 0 Å². The van der Waals surface area contributed by atoms with Crippen molar-refractivity contribution in [3.8, 4) is 0 Å². The highest BCUT2D eigenvalue weighted by molar-refractivity contribution is 9.11. The van der Waals surface area contributed by atoms with Crippen molar-refractivity contribution < 1.29 is 4.42 Å². The van der Waals surface area contributed by atoms with Gasteiger partial charge < -0.3 is 10.2 Å². The maximum atomic E-state index is 11.5. The molecule has 0 aliphatic rings. The van der Waals surface area contributed by atoms with Crippen molar-refractivity contribution in [2.24, 2.45) is 12.8 Å². The van der Waals surface area contributed by atoms with Gasteiger partial charge in [-0.3, -0.25) is 4.57 Å². The fourth-order valence-corrected chi connectivity index (χ4v) is 3.46. The standard InChI is InChI=1S/C13H11BrN2O2S/c1-16-8-3-2-7(6-9(8)18-13(16)17)12(15)10-4-5-11(14)19-10/h2-6,12H,15H2,1H3. The van der Waals surface area contributed by atoms with Crippen LogP contribution in [0.25, 0.3) is 11.1 Å². The molecular formula is C13H11BrN2O2S. The van der Waals surface area contributed by atoms with Gasteiger partial charge in [0.05, 0.1) is 15.3 Å². The lowest BCUT2D eigenvalue weighted by Gasteiger charge is -2.09. The van der Waals surface area contributed by atoms with E-state index >= 15 is 0 Å². The summed E-state index contributed by atoms with van der Waals surface area (Å²) in [6.07, 6.45) is 0. The molecule has 0 radical (unpaired) electrons. The van der Waals surface area contributed by atoms with Gasteiger partial charge in [-0.2, -0.15) is 0 Å². The summed E-state index contributed by atoms with van der Waals surface area (Å²) in [5.41, 5.74) is 8.49. The Morgan fingerprint density at radius 3 is 2.84 bits per heavy atom. The van der Waals surface area contributed by atoms with E-state index in [1.54, 1.807) is 18.4 Å². The van der Waals surface area contributed by atoms with E-state index in [-0.39, 0.29) is 11.8 Å². The van der Waals surface area contributed by atoms with Gasteiger partial charge in [0.2, 0.25) is 0 Å². The molecule has 0 amide bonds. The monoisotopic (exact) mass is 338 g/mol. The SMILES string of the molecule is Cn1c(=O)oc2cc(C(N)c3ccc(Br)s3)ccc21. The molecule has 3 rings (SSSR count). The average Bonchev–Trinajstić information content (AvgIpc) is 2.94. The minimum Gasteiger partial charge on any atom is -0.408 e. The van der Waals surface area contributed by atoms with E-state index in [0.29, 0.717) is 5.58 Å². The van der Waals surface area contributed by atoms with E-state index in [1.807, 2.05) is 30.3 Å². The smallest absolute Gasteiger partial charge is 0.408 e. The molecule has 2 heterocycles. The number of aromatic nitrogens is 1. The first-order valence-electron chi connectivity index (χ1n) is 5.66. The molecule has 1 unspecified atom stereocenters. The number of hydrogen-bond acceptors (Lipinski definition) is 4. The molecule has 19 heavy (non-hydrogen) atoms. The number of hydrogen-bond donors (Lipinski definition) is 1. The number of rotatable bonds is 2. The molecule has 0 aliphatic heterocycles. The van der Waals surface area contributed by atoms with Crippen molar-refractivity contribution in [1.82, 2.24) is 4.57 Å². The van der Waals surface area contributed by atoms with E-state index in [0.717, 1.165) is 19.7 Å². The molecule has 4 nitrogen and oxygen atoms in total. The number of aryl methyl sites for hydroxylation is 1. The second-order valence-corrected chi connectivity index (χ2v) is 6.77. The Balaban J connectivity index is 2.08. The predicted octanol–water partition coefficient (Wildman–Crippen LogP) is 3.00. The summed E-state index contributed by atoms with van der Waals surface area (Å²) in [5.74, 6) is -0.361. The number of thiophene rings is 1. The molecule has 0 aliphatic carbocycles. The first-order chi connectivity index (χ1) is 9.06. The fourth-order valence-electron chi connectivity index (χ4n) is 2.00. The third kappa shape index (κ3) is 2.16. The van der Waals surface area contributed by atoms with E-state index in [1.165, 1.54) is 4.57 Å². The van der Waals surface area contributed by atoms with Crippen molar-refractivity contribution in [2.75, 3.05) is 0 Å². The summed E-state index contributed by atoms with van der Waals surface area (Å²) < 4.78 is 7.70. The molecule has 0 saturated heterocycles. The van der Waals surface area contributed by atoms with Crippen LogP contribution >= 0.6 is 27.3 Å². The summed E-state index contributed by atoms with van der Waals surface area (Å²) in [6.45, 7) is 0. The number of nitrogens with zero attached hydrogens (tertiary/aromatic N) is 1. The Hall–Kier alpha value is -1.37. The summed E-state index contributed by atoms with van der Waals surface area (Å²) in [6, 6.07) is 9.36. The van der Waals surface area contributed by atoms with Crippen molar-refractivity contribution in [2.45, 2.75) is 6.04 Å². The van der Waals surface area contributed by atoms with Crippen LogP contribution < -0.4 is 11.5 Å². The maximum absolute atomic E-state index is 11.5. The lowest BCUT2D eigenvalue weighted by molar-refractivity contribution is 0.527. The van der Waals surface area contributed by atoms with Crippen LogP contribution in [0, 0.1) is 0 Å². The van der Waals surface area contributed by atoms with Gasteiger partial charge in [-0.1, -0.05) is 6.07 Å². The summed E-state index contributed by atoms with van der Waals surface area (Å²) in [4.78, 5) is 12.5. The zero-order valence-electron chi connectivity index (χ0n) is 10.1. The number of nitrogens with two attached hydrogens (primary N) is 1. The minimum absolute atomic E-state index is 0.216. The highest BCUT2D eigenvalue weighted by Gasteiger charge is 2.14. The van der Waals surface area contributed by atoms with Crippen LogP contribution in [0.3, 0.4) is 0 Å². The van der Waals surface area contributed by atoms with Crippen LogP contribution in [-0.4, -0.2) is 4.57 Å². The molecule has 0 saturated carbocycles. The Morgan fingerprint density at radius 1 is 1.37 bits per heavy atom. The molecule has 0 bridgehead atoms. The topological polar surface area (TPSA) is 61.2 Å². The fraction of sp³-hybridized carbons (Fsp3) is 0.154. The van der Waals surface area contributed by atoms with Crippen LogP contribution in [0.1, 0.15) is 16.5 Å². The third-order valence-corrected chi connectivity index (χ3v) is 4.78. The first-order valence-corrected chi connectivity index (χ1v) is 7.27. The highest BCUT2D eigenvalue weighted by Crippen LogP contribution is 2.30. The molecular weight excluding hydrogens is 328 g/mol. The maximum Gasteiger partial charge on any atom is 0.419 e. The van der Waals surface area contributed by atoms with E-state index in [2.05, 4.69) is 15.9 Å². The van der Waals surface area contributed by atoms with Gasteiger partial charge in [-0.05, 0) is 45.8 Å². The zero-order valence-corrected chi connectivity index (χ0v) is 12.5. The molecule has 0 spiro atoms. The Morgan fingerprint density at radius 2 is 2.16 bits per heavy atom. The van der Waals surface area contributed by atoms with Crippen LogP contribution in [0.5, 0.6) is 0 Å². The van der Waals surface area contributed by atoms with Gasteiger partial charge in [-0.25, -0.2) is 4.79 Å². The molecule has 2 aromatic heterocycles. The number of fused-ring (bicyclic) bond motifs is 1. The van der Waals surface area contributed by atoms with E-state index < -0.39 is 0 Å². The van der Waals surface area contributed by atoms with Crippen LogP contribution in [0.4, 0.5) is 0 Å². The van der Waals surface area contributed by atoms with Crippen molar-refractivity contribution in [3.63, 3.8) is 0 Å². The molecule has 2 N–H and O–H groups in total. The number of oxazole rings is 1. The van der Waals surface area contributed by atoms with Gasteiger partial charge in [0.25, 0.3) is 0 Å². The van der Waals surface area contributed by atoms with Gasteiger partial charge in [0, 0.05) is 11.9 Å². The minimum atomic E-state index is -0.361. The Kier molecular flexibility index (Phi) is 3.08. The lowest BCUT2D eigenvalue weighted by atomic mass is 10.1. The molecule has 6 heteroatoms. The molecule has 3 aromatic rings. The van der Waals surface area contributed by atoms with Crippen molar-refractivity contribution >= 4 is 38.4 Å². The average molecular weight is 339 g/mol. The largest absolute Gasteiger partial charge is 0.419 e. The van der Waals surface area contributed by atoms with Gasteiger partial charge in [0.1, 0.15) is 0 Å². The zero-order chi connectivity index (χ0) is 13.6. The van der Waals surface area contributed by atoms with Crippen molar-refractivity contribution in [1.29, 1.82) is 0 Å². The van der Waals surface area contributed by atoms with Crippen LogP contribution in [-0.2, 0) is 7.05 Å². The van der Waals surface area contributed by atoms with E-state index in [4.69, 9.17) is 10.2 Å². The molecule has 0 fully saturated rings. The van der Waals surface area contributed by atoms with Crippen molar-refractivity contribution in [3.05, 3.63) is 55.1 Å². The second kappa shape index (κ2) is 4.63. The third-order valence-electron chi connectivity index (χ3n) is 3.08. The molecule has 1 aromatic carbocycles. The Bertz CT molecular complexity index is 802. The predicted molar refractivity (Wildman–Crippen MR) is 79.5 cm³/mol. The van der Waals surface area contributed by atoms with Crippen LogP contribution in [0.15, 0.2) is 43.3 Å². The highest BCUT2D eigenvalue weighted by atomic mass is 79.9. The molecule has 98 valence electrons. The van der Waals surface area contributed by atoms with E-state index in [9.17, 15) is 4.79 Å². The lowest BCUT2D eigenvalue weighted by Crippen LogP contribution is -2.10.